The van der Waals surface area contributed by atoms with Crippen molar-refractivity contribution < 1.29 is 0 Å². The van der Waals surface area contributed by atoms with Crippen LogP contribution in [-0.2, 0) is 0 Å². The second-order valence-electron chi connectivity index (χ2n) is 9.97. The molecule has 33 heavy (non-hydrogen) atoms. The number of aromatic nitrogens is 4. The number of nitrogens with zero attached hydrogens (tertiary/aromatic N) is 5. The predicted molar refractivity (Wildman–Crippen MR) is 132 cm³/mol. The molecular formula is C24H32N8O. The third kappa shape index (κ3) is 4.25. The summed E-state index contributed by atoms with van der Waals surface area (Å²) in [5, 5.41) is 3.94. The molecule has 0 radical (unpaired) electrons. The second-order valence-corrected chi connectivity index (χ2v) is 9.97. The fourth-order valence-corrected chi connectivity index (χ4v) is 5.07. The molecular weight excluding hydrogens is 416 g/mol. The summed E-state index contributed by atoms with van der Waals surface area (Å²) in [6.45, 7) is 6.11. The zero-order chi connectivity index (χ0) is 23.2. The Bertz CT molecular complexity index is 1210. The number of rotatable bonds is 5. The van der Waals surface area contributed by atoms with Crippen molar-refractivity contribution in [2.45, 2.75) is 57.5 Å². The number of pyridine rings is 2. The second kappa shape index (κ2) is 8.30. The molecule has 1 saturated heterocycles. The summed E-state index contributed by atoms with van der Waals surface area (Å²) >= 11 is 0. The van der Waals surface area contributed by atoms with Crippen molar-refractivity contribution in [3.05, 3.63) is 40.9 Å². The molecule has 0 amide bonds. The molecule has 0 bridgehead atoms. The van der Waals surface area contributed by atoms with Crippen LogP contribution in [0, 0.1) is 5.92 Å². The Hall–Kier alpha value is -3.20. The van der Waals surface area contributed by atoms with E-state index >= 15 is 0 Å². The molecule has 0 spiro atoms. The molecule has 2 aliphatic rings. The van der Waals surface area contributed by atoms with E-state index in [9.17, 15) is 4.79 Å². The summed E-state index contributed by atoms with van der Waals surface area (Å²) < 4.78 is 1.75. The van der Waals surface area contributed by atoms with Crippen LogP contribution in [-0.4, -0.2) is 38.1 Å². The molecule has 9 heteroatoms. The normalized spacial score (nSPS) is 19.5. The fraction of sp³-hybridized carbons (Fsp3) is 0.500. The molecule has 1 atom stereocenters. The van der Waals surface area contributed by atoms with E-state index in [0.29, 0.717) is 23.3 Å². The minimum Gasteiger partial charge on any atom is -0.394 e. The van der Waals surface area contributed by atoms with Gasteiger partial charge in [-0.3, -0.25) is 9.36 Å². The van der Waals surface area contributed by atoms with Gasteiger partial charge in [-0.1, -0.05) is 12.8 Å². The van der Waals surface area contributed by atoms with E-state index in [1.165, 1.54) is 0 Å². The molecule has 4 heterocycles. The van der Waals surface area contributed by atoms with E-state index in [1.54, 1.807) is 16.8 Å². The van der Waals surface area contributed by atoms with E-state index in [1.807, 2.05) is 12.3 Å². The van der Waals surface area contributed by atoms with Crippen molar-refractivity contribution >= 4 is 34.2 Å². The van der Waals surface area contributed by atoms with Crippen LogP contribution in [0.5, 0.6) is 0 Å². The van der Waals surface area contributed by atoms with Gasteiger partial charge in [-0.15, -0.1) is 0 Å². The van der Waals surface area contributed by atoms with Gasteiger partial charge >= 0.3 is 0 Å². The van der Waals surface area contributed by atoms with Gasteiger partial charge in [0.05, 0.1) is 17.6 Å². The minimum atomic E-state index is -0.179. The SMILES string of the molecule is CC(C)(N)C1CCN(c2ccc(Nc3ncc4cc(N)c(=O)n(C5CCCC5)c4n3)nc2)C1. The molecule has 5 N–H and O–H groups in total. The lowest BCUT2D eigenvalue weighted by molar-refractivity contribution is 0.348. The Morgan fingerprint density at radius 2 is 1.91 bits per heavy atom. The molecule has 1 aliphatic carbocycles. The number of nitrogens with one attached hydrogen (secondary N) is 1. The van der Waals surface area contributed by atoms with Gasteiger partial charge in [0.25, 0.3) is 5.56 Å². The zero-order valence-electron chi connectivity index (χ0n) is 19.3. The van der Waals surface area contributed by atoms with Gasteiger partial charge in [0, 0.05) is 36.3 Å². The third-order valence-corrected chi connectivity index (χ3v) is 7.08. The van der Waals surface area contributed by atoms with Crippen molar-refractivity contribution in [2.24, 2.45) is 11.7 Å². The summed E-state index contributed by atoms with van der Waals surface area (Å²) in [5.74, 6) is 1.52. The van der Waals surface area contributed by atoms with Crippen molar-refractivity contribution in [3.63, 3.8) is 0 Å². The molecule has 1 unspecified atom stereocenters. The van der Waals surface area contributed by atoms with Crippen molar-refractivity contribution in [1.29, 1.82) is 0 Å². The summed E-state index contributed by atoms with van der Waals surface area (Å²) in [6.07, 6.45) is 8.81. The number of hydrogen-bond donors (Lipinski definition) is 3. The van der Waals surface area contributed by atoms with E-state index in [4.69, 9.17) is 11.5 Å². The molecule has 1 aliphatic heterocycles. The molecule has 0 aromatic carbocycles. The van der Waals surface area contributed by atoms with Crippen molar-refractivity contribution in [2.75, 3.05) is 29.0 Å². The first-order valence-corrected chi connectivity index (χ1v) is 11.7. The fourth-order valence-electron chi connectivity index (χ4n) is 5.07. The van der Waals surface area contributed by atoms with Crippen molar-refractivity contribution in [1.82, 2.24) is 19.5 Å². The summed E-state index contributed by atoms with van der Waals surface area (Å²) in [5.41, 5.74) is 13.9. The average molecular weight is 449 g/mol. The maximum Gasteiger partial charge on any atom is 0.275 e. The average Bonchev–Trinajstić information content (AvgIpc) is 3.48. The first-order valence-electron chi connectivity index (χ1n) is 11.7. The van der Waals surface area contributed by atoms with E-state index in [-0.39, 0.29) is 22.8 Å². The van der Waals surface area contributed by atoms with Crippen LogP contribution in [0.25, 0.3) is 11.0 Å². The number of anilines is 4. The topological polar surface area (TPSA) is 128 Å². The van der Waals surface area contributed by atoms with Crippen LogP contribution in [0.2, 0.25) is 0 Å². The van der Waals surface area contributed by atoms with E-state index < -0.39 is 0 Å². The van der Waals surface area contributed by atoms with Crippen LogP contribution >= 0.6 is 0 Å². The highest BCUT2D eigenvalue weighted by Gasteiger charge is 2.32. The van der Waals surface area contributed by atoms with Gasteiger partial charge in [0.15, 0.2) is 0 Å². The summed E-state index contributed by atoms with van der Waals surface area (Å²) in [4.78, 5) is 28.8. The largest absolute Gasteiger partial charge is 0.394 e. The highest BCUT2D eigenvalue weighted by atomic mass is 16.1. The maximum absolute atomic E-state index is 12.8. The van der Waals surface area contributed by atoms with Gasteiger partial charge in [0.2, 0.25) is 5.95 Å². The molecule has 3 aromatic rings. The Morgan fingerprint density at radius 3 is 2.58 bits per heavy atom. The minimum absolute atomic E-state index is 0.131. The first-order chi connectivity index (χ1) is 15.8. The van der Waals surface area contributed by atoms with Crippen LogP contribution in [0.15, 0.2) is 35.4 Å². The Balaban J connectivity index is 1.38. The van der Waals surface area contributed by atoms with E-state index in [2.05, 4.69) is 45.1 Å². The number of hydrogen-bond acceptors (Lipinski definition) is 8. The zero-order valence-corrected chi connectivity index (χ0v) is 19.3. The number of fused-ring (bicyclic) bond motifs is 1. The molecule has 174 valence electrons. The molecule has 5 rings (SSSR count). The summed E-state index contributed by atoms with van der Waals surface area (Å²) in [6, 6.07) is 5.77. The lowest BCUT2D eigenvalue weighted by Gasteiger charge is -2.27. The van der Waals surface area contributed by atoms with Crippen LogP contribution in [0.1, 0.15) is 52.0 Å². The van der Waals surface area contributed by atoms with Crippen molar-refractivity contribution in [3.8, 4) is 0 Å². The molecule has 9 nitrogen and oxygen atoms in total. The third-order valence-electron chi connectivity index (χ3n) is 7.08. The Kier molecular flexibility index (Phi) is 5.44. The van der Waals surface area contributed by atoms with Gasteiger partial charge < -0.3 is 21.7 Å². The molecule has 2 fully saturated rings. The lowest BCUT2D eigenvalue weighted by Crippen LogP contribution is -2.42. The monoisotopic (exact) mass is 448 g/mol. The maximum atomic E-state index is 12.8. The molecule has 3 aromatic heterocycles. The first kappa shape index (κ1) is 21.6. The highest BCUT2D eigenvalue weighted by molar-refractivity contribution is 5.79. The highest BCUT2D eigenvalue weighted by Crippen LogP contribution is 2.32. The van der Waals surface area contributed by atoms with Gasteiger partial charge in [-0.05, 0) is 57.2 Å². The Morgan fingerprint density at radius 1 is 1.12 bits per heavy atom. The smallest absolute Gasteiger partial charge is 0.275 e. The van der Waals surface area contributed by atoms with Crippen LogP contribution in [0.3, 0.4) is 0 Å². The number of nitrogen functional groups attached to an aromatic ring is 1. The standard InChI is InChI=1S/C24H32N8O/c1-24(2,26)16-9-10-31(14-16)18-7-8-20(27-13-18)29-23-28-12-15-11-19(25)22(33)32(21(15)30-23)17-5-3-4-6-17/h7-8,11-13,16-17H,3-6,9-10,14,25-26H2,1-2H3,(H,27,28,29,30). The predicted octanol–water partition coefficient (Wildman–Crippen LogP) is 3.19. The van der Waals surface area contributed by atoms with E-state index in [0.717, 1.165) is 56.3 Å². The number of nitrogens with two attached hydrogens (primary N) is 2. The van der Waals surface area contributed by atoms with Crippen LogP contribution in [0.4, 0.5) is 23.1 Å². The molecule has 1 saturated carbocycles. The van der Waals surface area contributed by atoms with Gasteiger partial charge in [-0.2, -0.15) is 4.98 Å². The quantitative estimate of drug-likeness (QED) is 0.543. The lowest BCUT2D eigenvalue weighted by atomic mass is 9.88. The Labute approximate surface area is 193 Å². The summed E-state index contributed by atoms with van der Waals surface area (Å²) in [7, 11) is 0. The van der Waals surface area contributed by atoms with Gasteiger partial charge in [-0.25, -0.2) is 9.97 Å². The van der Waals surface area contributed by atoms with Crippen LogP contribution < -0.4 is 27.2 Å². The van der Waals surface area contributed by atoms with Gasteiger partial charge in [0.1, 0.15) is 11.5 Å².